The molecule has 0 spiro atoms. The highest BCUT2D eigenvalue weighted by Gasteiger charge is 2.21. The van der Waals surface area contributed by atoms with Crippen LogP contribution in [0.4, 0.5) is 0 Å². The Morgan fingerprint density at radius 3 is 2.95 bits per heavy atom. The number of ether oxygens (including phenoxy) is 1. The predicted molar refractivity (Wildman–Crippen MR) is 83.5 cm³/mol. The molecule has 110 valence electrons. The number of hydrogen-bond acceptors (Lipinski definition) is 3. The van der Waals surface area contributed by atoms with Crippen molar-refractivity contribution in [3.63, 3.8) is 0 Å². The topological polar surface area (TPSA) is 50.4 Å². The van der Waals surface area contributed by atoms with Gasteiger partial charge in [-0.25, -0.2) is 0 Å². The summed E-state index contributed by atoms with van der Waals surface area (Å²) in [6.07, 6.45) is 2.00. The lowest BCUT2D eigenvalue weighted by Gasteiger charge is -2.12. The molecule has 0 radical (unpaired) electrons. The van der Waals surface area contributed by atoms with E-state index in [1.54, 1.807) is 0 Å². The van der Waals surface area contributed by atoms with Gasteiger partial charge in [0.2, 0.25) is 5.91 Å². The van der Waals surface area contributed by atoms with Gasteiger partial charge in [-0.15, -0.1) is 0 Å². The van der Waals surface area contributed by atoms with Crippen LogP contribution < -0.4 is 15.4 Å². The van der Waals surface area contributed by atoms with Crippen LogP contribution in [-0.4, -0.2) is 31.6 Å². The van der Waals surface area contributed by atoms with Crippen LogP contribution in [0.25, 0.3) is 10.8 Å². The van der Waals surface area contributed by atoms with Crippen molar-refractivity contribution in [3.8, 4) is 5.75 Å². The Labute approximate surface area is 124 Å². The van der Waals surface area contributed by atoms with Crippen LogP contribution in [0.5, 0.6) is 5.75 Å². The molecule has 4 nitrogen and oxygen atoms in total. The molecule has 2 aromatic rings. The first-order valence-electron chi connectivity index (χ1n) is 7.46. The largest absolute Gasteiger partial charge is 0.491 e. The van der Waals surface area contributed by atoms with Crippen LogP contribution in [0, 0.1) is 0 Å². The minimum atomic E-state index is -0.0254. The third kappa shape index (κ3) is 3.34. The Morgan fingerprint density at radius 2 is 2.10 bits per heavy atom. The van der Waals surface area contributed by atoms with Crippen molar-refractivity contribution in [3.05, 3.63) is 42.5 Å². The number of carbonyl (C=O) groups is 1. The zero-order valence-corrected chi connectivity index (χ0v) is 12.0. The average molecular weight is 284 g/mol. The molecule has 0 aromatic heterocycles. The summed E-state index contributed by atoms with van der Waals surface area (Å²) in [6.45, 7) is 1.94. The number of amides is 1. The first kappa shape index (κ1) is 13.9. The van der Waals surface area contributed by atoms with Crippen LogP contribution >= 0.6 is 0 Å². The molecule has 0 aliphatic carbocycles. The summed E-state index contributed by atoms with van der Waals surface area (Å²) in [5.74, 6) is 0.940. The Balaban J connectivity index is 1.51. The van der Waals surface area contributed by atoms with E-state index in [9.17, 15) is 4.79 Å². The highest BCUT2D eigenvalue weighted by molar-refractivity contribution is 5.88. The summed E-state index contributed by atoms with van der Waals surface area (Å²) in [4.78, 5) is 11.8. The molecule has 0 unspecified atom stereocenters. The summed E-state index contributed by atoms with van der Waals surface area (Å²) in [7, 11) is 0. The second kappa shape index (κ2) is 6.59. The van der Waals surface area contributed by atoms with Gasteiger partial charge in [0, 0.05) is 5.39 Å². The van der Waals surface area contributed by atoms with Gasteiger partial charge < -0.3 is 15.4 Å². The molecule has 0 bridgehead atoms. The lowest BCUT2D eigenvalue weighted by Crippen LogP contribution is -2.41. The van der Waals surface area contributed by atoms with E-state index in [4.69, 9.17) is 4.74 Å². The Kier molecular flexibility index (Phi) is 4.36. The predicted octanol–water partition coefficient (Wildman–Crippen LogP) is 2.09. The second-order valence-corrected chi connectivity index (χ2v) is 5.27. The van der Waals surface area contributed by atoms with Gasteiger partial charge in [0.05, 0.1) is 12.6 Å². The maximum atomic E-state index is 11.8. The van der Waals surface area contributed by atoms with Crippen molar-refractivity contribution in [1.82, 2.24) is 10.6 Å². The summed E-state index contributed by atoms with van der Waals surface area (Å²) in [6, 6.07) is 14.1. The fourth-order valence-electron chi connectivity index (χ4n) is 2.69. The third-order valence-electron chi connectivity index (χ3n) is 3.79. The molecule has 0 saturated carbocycles. The van der Waals surface area contributed by atoms with Crippen LogP contribution in [0.2, 0.25) is 0 Å². The fraction of sp³-hybridized carbons (Fsp3) is 0.353. The number of carbonyl (C=O) groups excluding carboxylic acids is 1. The first-order valence-corrected chi connectivity index (χ1v) is 7.46. The molecule has 3 rings (SSSR count). The summed E-state index contributed by atoms with van der Waals surface area (Å²) >= 11 is 0. The zero-order valence-electron chi connectivity index (χ0n) is 12.0. The maximum absolute atomic E-state index is 11.8. The number of hydrogen-bond donors (Lipinski definition) is 2. The Bertz CT molecular complexity index is 616. The van der Waals surface area contributed by atoms with Crippen molar-refractivity contribution >= 4 is 16.7 Å². The van der Waals surface area contributed by atoms with Gasteiger partial charge >= 0.3 is 0 Å². The highest BCUT2D eigenvalue weighted by Crippen LogP contribution is 2.24. The van der Waals surface area contributed by atoms with Crippen molar-refractivity contribution in [2.45, 2.75) is 18.9 Å². The monoisotopic (exact) mass is 284 g/mol. The summed E-state index contributed by atoms with van der Waals surface area (Å²) < 4.78 is 5.80. The highest BCUT2D eigenvalue weighted by atomic mass is 16.5. The van der Waals surface area contributed by atoms with Crippen molar-refractivity contribution < 1.29 is 9.53 Å². The van der Waals surface area contributed by atoms with Gasteiger partial charge in [-0.2, -0.15) is 0 Å². The zero-order chi connectivity index (χ0) is 14.5. The van der Waals surface area contributed by atoms with Gasteiger partial charge in [0.1, 0.15) is 12.4 Å². The van der Waals surface area contributed by atoms with E-state index in [0.29, 0.717) is 13.2 Å². The van der Waals surface area contributed by atoms with Gasteiger partial charge in [-0.3, -0.25) is 4.79 Å². The lowest BCUT2D eigenvalue weighted by atomic mass is 10.1. The minimum absolute atomic E-state index is 0.0254. The quantitative estimate of drug-likeness (QED) is 0.827. The summed E-state index contributed by atoms with van der Waals surface area (Å²) in [5, 5.41) is 8.36. The number of benzene rings is 2. The van der Waals surface area contributed by atoms with Crippen molar-refractivity contribution in [2.24, 2.45) is 0 Å². The number of fused-ring (bicyclic) bond motifs is 1. The standard InChI is InChI=1S/C17H20N2O2/c20-17(15-8-4-10-18-15)19-11-12-21-16-9-3-6-13-5-1-2-7-14(13)16/h1-3,5-7,9,15,18H,4,8,10-12H2,(H,19,20)/t15-/m0/s1. The molecule has 2 aromatic carbocycles. The molecule has 1 fully saturated rings. The van der Waals surface area contributed by atoms with Crippen LogP contribution in [0.3, 0.4) is 0 Å². The normalized spacial score (nSPS) is 17.8. The van der Waals surface area contributed by atoms with E-state index >= 15 is 0 Å². The van der Waals surface area contributed by atoms with Crippen LogP contribution in [-0.2, 0) is 4.79 Å². The average Bonchev–Trinajstić information content (AvgIpc) is 3.06. The van der Waals surface area contributed by atoms with Gasteiger partial charge in [-0.1, -0.05) is 36.4 Å². The van der Waals surface area contributed by atoms with Gasteiger partial charge in [-0.05, 0) is 30.8 Å². The second-order valence-electron chi connectivity index (χ2n) is 5.27. The molecule has 1 saturated heterocycles. The molecular weight excluding hydrogens is 264 g/mol. The molecule has 4 heteroatoms. The molecule has 1 aliphatic heterocycles. The lowest BCUT2D eigenvalue weighted by molar-refractivity contribution is -0.122. The first-order chi connectivity index (χ1) is 10.3. The Morgan fingerprint density at radius 1 is 1.24 bits per heavy atom. The van der Waals surface area contributed by atoms with Gasteiger partial charge in [0.15, 0.2) is 0 Å². The maximum Gasteiger partial charge on any atom is 0.237 e. The van der Waals surface area contributed by atoms with E-state index < -0.39 is 0 Å². The van der Waals surface area contributed by atoms with E-state index in [-0.39, 0.29) is 11.9 Å². The van der Waals surface area contributed by atoms with E-state index in [1.807, 2.05) is 30.3 Å². The fourth-order valence-corrected chi connectivity index (χ4v) is 2.69. The molecule has 1 amide bonds. The summed E-state index contributed by atoms with van der Waals surface area (Å²) in [5.41, 5.74) is 0. The SMILES string of the molecule is O=C(NCCOc1cccc2ccccc12)[C@@H]1CCCN1. The van der Waals surface area contributed by atoms with Crippen molar-refractivity contribution in [1.29, 1.82) is 0 Å². The van der Waals surface area contributed by atoms with Crippen LogP contribution in [0.1, 0.15) is 12.8 Å². The smallest absolute Gasteiger partial charge is 0.237 e. The van der Waals surface area contributed by atoms with Crippen molar-refractivity contribution in [2.75, 3.05) is 19.7 Å². The molecule has 1 heterocycles. The van der Waals surface area contributed by atoms with Crippen LogP contribution in [0.15, 0.2) is 42.5 Å². The number of rotatable bonds is 5. The van der Waals surface area contributed by atoms with E-state index in [1.165, 1.54) is 0 Å². The molecule has 2 N–H and O–H groups in total. The van der Waals surface area contributed by atoms with E-state index in [0.717, 1.165) is 35.9 Å². The minimum Gasteiger partial charge on any atom is -0.491 e. The van der Waals surface area contributed by atoms with Gasteiger partial charge in [0.25, 0.3) is 0 Å². The third-order valence-corrected chi connectivity index (χ3v) is 3.79. The molecular formula is C17H20N2O2. The Hall–Kier alpha value is -2.07. The molecule has 1 aliphatic rings. The molecule has 1 atom stereocenters. The number of nitrogens with one attached hydrogen (secondary N) is 2. The molecule has 21 heavy (non-hydrogen) atoms. The van der Waals surface area contributed by atoms with E-state index in [2.05, 4.69) is 22.8 Å².